The van der Waals surface area contributed by atoms with E-state index in [-0.39, 0.29) is 0 Å². The fourth-order valence-electron chi connectivity index (χ4n) is 1.78. The summed E-state index contributed by atoms with van der Waals surface area (Å²) in [6, 6.07) is 0. The van der Waals surface area contributed by atoms with Crippen LogP contribution in [0, 0.1) is 29.6 Å². The first-order valence-electron chi connectivity index (χ1n) is 6.36. The Labute approximate surface area is 91.5 Å². The first-order chi connectivity index (χ1) is 6.36. The Bertz CT molecular complexity index is 135. The zero-order chi connectivity index (χ0) is 11.3. The Morgan fingerprint density at radius 3 is 1.36 bits per heavy atom. The van der Waals surface area contributed by atoms with Crippen LogP contribution in [-0.4, -0.2) is 0 Å². The van der Waals surface area contributed by atoms with Crippen LogP contribution in [0.25, 0.3) is 0 Å². The average Bonchev–Trinajstić information content (AvgIpc) is 2.11. The molecule has 0 heterocycles. The predicted octanol–water partition coefficient (Wildman–Crippen LogP) is 4.99. The Kier molecular flexibility index (Phi) is 6.48. The van der Waals surface area contributed by atoms with Crippen molar-refractivity contribution in [2.75, 3.05) is 0 Å². The molecule has 0 aliphatic carbocycles. The highest BCUT2D eigenvalue weighted by atomic mass is 14.2. The van der Waals surface area contributed by atoms with Crippen LogP contribution in [0.1, 0.15) is 61.3 Å². The van der Waals surface area contributed by atoms with Gasteiger partial charge < -0.3 is 0 Å². The van der Waals surface area contributed by atoms with Gasteiger partial charge in [0.1, 0.15) is 0 Å². The molecule has 0 aliphatic rings. The van der Waals surface area contributed by atoms with Crippen molar-refractivity contribution >= 4 is 0 Å². The third-order valence-corrected chi connectivity index (χ3v) is 4.16. The molecule has 0 aromatic heterocycles. The maximum Gasteiger partial charge on any atom is -0.0394 e. The maximum atomic E-state index is 2.41. The van der Waals surface area contributed by atoms with E-state index >= 15 is 0 Å². The van der Waals surface area contributed by atoms with Gasteiger partial charge in [-0.05, 0) is 29.6 Å². The molecule has 0 heteroatoms. The molecule has 0 aromatic rings. The van der Waals surface area contributed by atoms with E-state index < -0.39 is 0 Å². The van der Waals surface area contributed by atoms with E-state index in [0.29, 0.717) is 0 Å². The fraction of sp³-hybridized carbons (Fsp3) is 1.00. The number of rotatable bonds is 6. The molecule has 0 amide bonds. The van der Waals surface area contributed by atoms with Crippen LogP contribution in [0.15, 0.2) is 0 Å². The highest BCUT2D eigenvalue weighted by molar-refractivity contribution is 4.67. The zero-order valence-electron chi connectivity index (χ0n) is 11.3. The van der Waals surface area contributed by atoms with Gasteiger partial charge in [-0.25, -0.2) is 0 Å². The monoisotopic (exact) mass is 198 g/mol. The lowest BCUT2D eigenvalue weighted by Crippen LogP contribution is -2.16. The first kappa shape index (κ1) is 14.0. The molecule has 0 saturated heterocycles. The van der Waals surface area contributed by atoms with Gasteiger partial charge in [-0.2, -0.15) is 0 Å². The van der Waals surface area contributed by atoms with Crippen molar-refractivity contribution < 1.29 is 0 Å². The standard InChI is InChI=1S/C14H30/c1-10(2)12(5)8-9-13(6)14(7)11(3)4/h10-14H,8-9H2,1-7H3. The number of hydrogen-bond donors (Lipinski definition) is 0. The van der Waals surface area contributed by atoms with Gasteiger partial charge in [0, 0.05) is 0 Å². The van der Waals surface area contributed by atoms with Gasteiger partial charge in [-0.3, -0.25) is 0 Å². The lowest BCUT2D eigenvalue weighted by molar-refractivity contribution is 0.253. The Morgan fingerprint density at radius 2 is 1.00 bits per heavy atom. The lowest BCUT2D eigenvalue weighted by Gasteiger charge is -2.25. The van der Waals surface area contributed by atoms with Gasteiger partial charge in [0.2, 0.25) is 0 Å². The summed E-state index contributed by atoms with van der Waals surface area (Å²) in [4.78, 5) is 0. The summed E-state index contributed by atoms with van der Waals surface area (Å²) in [5, 5.41) is 0. The van der Waals surface area contributed by atoms with Gasteiger partial charge in [0.15, 0.2) is 0 Å². The summed E-state index contributed by atoms with van der Waals surface area (Å²) in [6.45, 7) is 16.5. The molecule has 0 radical (unpaired) electrons. The van der Waals surface area contributed by atoms with Crippen molar-refractivity contribution in [1.29, 1.82) is 0 Å². The van der Waals surface area contributed by atoms with E-state index in [4.69, 9.17) is 0 Å². The van der Waals surface area contributed by atoms with Crippen LogP contribution in [-0.2, 0) is 0 Å². The van der Waals surface area contributed by atoms with Crippen molar-refractivity contribution in [3.8, 4) is 0 Å². The van der Waals surface area contributed by atoms with Crippen LogP contribution >= 0.6 is 0 Å². The van der Waals surface area contributed by atoms with Gasteiger partial charge >= 0.3 is 0 Å². The minimum absolute atomic E-state index is 0.833. The Hall–Kier alpha value is 0. The van der Waals surface area contributed by atoms with Crippen LogP contribution in [0.5, 0.6) is 0 Å². The molecule has 0 nitrogen and oxygen atoms in total. The van der Waals surface area contributed by atoms with Crippen molar-refractivity contribution in [3.05, 3.63) is 0 Å². The molecule has 3 unspecified atom stereocenters. The highest BCUT2D eigenvalue weighted by Gasteiger charge is 2.17. The zero-order valence-corrected chi connectivity index (χ0v) is 11.3. The van der Waals surface area contributed by atoms with Crippen molar-refractivity contribution in [2.24, 2.45) is 29.6 Å². The molecular weight excluding hydrogens is 168 g/mol. The second kappa shape index (κ2) is 6.48. The molecule has 0 aromatic carbocycles. The van der Waals surface area contributed by atoms with E-state index in [2.05, 4.69) is 48.5 Å². The van der Waals surface area contributed by atoms with Crippen molar-refractivity contribution in [1.82, 2.24) is 0 Å². The lowest BCUT2D eigenvalue weighted by atomic mass is 9.81. The minimum Gasteiger partial charge on any atom is -0.0625 e. The smallest absolute Gasteiger partial charge is 0.0394 e. The summed E-state index contributed by atoms with van der Waals surface area (Å²) in [5.74, 6) is 4.32. The van der Waals surface area contributed by atoms with E-state index in [1.165, 1.54) is 12.8 Å². The summed E-state index contributed by atoms with van der Waals surface area (Å²) in [5.41, 5.74) is 0. The minimum atomic E-state index is 0.833. The summed E-state index contributed by atoms with van der Waals surface area (Å²) in [7, 11) is 0. The van der Waals surface area contributed by atoms with Crippen LogP contribution < -0.4 is 0 Å². The molecule has 14 heavy (non-hydrogen) atoms. The molecule has 3 atom stereocenters. The normalized spacial score (nSPS) is 18.6. The SMILES string of the molecule is CC(C)C(C)CCC(C)C(C)C(C)C. The molecule has 0 N–H and O–H groups in total. The summed E-state index contributed by atoms with van der Waals surface area (Å²) in [6.07, 6.45) is 2.80. The Balaban J connectivity index is 3.78. The quantitative estimate of drug-likeness (QED) is 0.564. The predicted molar refractivity (Wildman–Crippen MR) is 66.4 cm³/mol. The largest absolute Gasteiger partial charge is 0.0625 e. The molecule has 0 rings (SSSR count). The highest BCUT2D eigenvalue weighted by Crippen LogP contribution is 2.27. The molecule has 0 saturated carbocycles. The maximum absolute atomic E-state index is 2.41. The van der Waals surface area contributed by atoms with Crippen LogP contribution in [0.2, 0.25) is 0 Å². The Morgan fingerprint density at radius 1 is 0.571 bits per heavy atom. The third kappa shape index (κ3) is 5.02. The molecule has 0 fully saturated rings. The first-order valence-corrected chi connectivity index (χ1v) is 6.36. The van der Waals surface area contributed by atoms with E-state index in [1.807, 2.05) is 0 Å². The van der Waals surface area contributed by atoms with Crippen molar-refractivity contribution in [2.45, 2.75) is 61.3 Å². The second-order valence-corrected chi connectivity index (χ2v) is 5.88. The average molecular weight is 198 g/mol. The molecule has 0 bridgehead atoms. The summed E-state index contributed by atoms with van der Waals surface area (Å²) < 4.78 is 0. The van der Waals surface area contributed by atoms with Gasteiger partial charge in [-0.1, -0.05) is 61.3 Å². The molecule has 0 aliphatic heterocycles. The molecule has 0 spiro atoms. The summed E-state index contributed by atoms with van der Waals surface area (Å²) >= 11 is 0. The fourth-order valence-corrected chi connectivity index (χ4v) is 1.78. The van der Waals surface area contributed by atoms with Gasteiger partial charge in [0.05, 0.1) is 0 Å². The number of hydrogen-bond acceptors (Lipinski definition) is 0. The molecular formula is C14H30. The van der Waals surface area contributed by atoms with Crippen molar-refractivity contribution in [3.63, 3.8) is 0 Å². The third-order valence-electron chi connectivity index (χ3n) is 4.16. The molecule has 86 valence electrons. The van der Waals surface area contributed by atoms with E-state index in [1.54, 1.807) is 0 Å². The van der Waals surface area contributed by atoms with Gasteiger partial charge in [0.25, 0.3) is 0 Å². The van der Waals surface area contributed by atoms with E-state index in [0.717, 1.165) is 29.6 Å². The van der Waals surface area contributed by atoms with Gasteiger partial charge in [-0.15, -0.1) is 0 Å². The van der Waals surface area contributed by atoms with Crippen LogP contribution in [0.3, 0.4) is 0 Å². The van der Waals surface area contributed by atoms with E-state index in [9.17, 15) is 0 Å². The van der Waals surface area contributed by atoms with Crippen LogP contribution in [0.4, 0.5) is 0 Å². The topological polar surface area (TPSA) is 0 Å². The second-order valence-electron chi connectivity index (χ2n) is 5.88.